The van der Waals surface area contributed by atoms with Crippen molar-refractivity contribution in [1.82, 2.24) is 14.5 Å². The standard InChI is InChI=1S/C24H32ClN3O5S/c25-16-3-7-19(8-4-16)34(31,32)28-20(15-1-2-15)13-33-14-21(28)24(9-10-24)22(29)23(30)27-11-17-5-6-18(12-27)26-17/h3-4,7-8,15,17-18,20-22,26,29H,1-2,5-6,9-14H2. The molecule has 1 aromatic carbocycles. The van der Waals surface area contributed by atoms with E-state index in [1.54, 1.807) is 21.3 Å². The Kier molecular flexibility index (Phi) is 5.74. The molecule has 2 aliphatic carbocycles. The molecule has 5 atom stereocenters. The number of nitrogens with zero attached hydrogens (tertiary/aromatic N) is 2. The van der Waals surface area contributed by atoms with Crippen LogP contribution in [0.25, 0.3) is 0 Å². The number of benzene rings is 1. The highest BCUT2D eigenvalue weighted by Crippen LogP contribution is 2.57. The molecule has 2 N–H and O–H groups in total. The average Bonchev–Trinajstić information content (AvgIpc) is 3.76. The van der Waals surface area contributed by atoms with Gasteiger partial charge in [0.2, 0.25) is 10.0 Å². The quantitative estimate of drug-likeness (QED) is 0.604. The summed E-state index contributed by atoms with van der Waals surface area (Å²) in [6, 6.07) is 5.94. The maximum absolute atomic E-state index is 14.0. The second kappa shape index (κ2) is 8.42. The number of nitrogens with one attached hydrogen (secondary N) is 1. The van der Waals surface area contributed by atoms with Crippen LogP contribution in [0.2, 0.25) is 5.02 Å². The van der Waals surface area contributed by atoms with Gasteiger partial charge >= 0.3 is 0 Å². The summed E-state index contributed by atoms with van der Waals surface area (Å²) in [5, 5.41) is 15.4. The normalized spacial score (nSPS) is 34.1. The number of aliphatic hydroxyl groups is 1. The van der Waals surface area contributed by atoms with Crippen molar-refractivity contribution >= 4 is 27.5 Å². The average molecular weight is 510 g/mol. The Morgan fingerprint density at radius 3 is 2.32 bits per heavy atom. The lowest BCUT2D eigenvalue weighted by atomic mass is 9.87. The fraction of sp³-hybridized carbons (Fsp3) is 0.708. The van der Waals surface area contributed by atoms with Crippen molar-refractivity contribution < 1.29 is 23.1 Å². The number of amides is 1. The largest absolute Gasteiger partial charge is 0.383 e. The van der Waals surface area contributed by atoms with Crippen LogP contribution in [0.4, 0.5) is 0 Å². The highest BCUT2D eigenvalue weighted by molar-refractivity contribution is 7.89. The molecule has 10 heteroatoms. The van der Waals surface area contributed by atoms with E-state index in [4.69, 9.17) is 16.3 Å². The van der Waals surface area contributed by atoms with Gasteiger partial charge in [0.25, 0.3) is 5.91 Å². The SMILES string of the molecule is O=C(C(O)C1(C2COCC(C3CC3)N2S(=O)(=O)c2ccc(Cl)cc2)CC1)N1CC2CCC(C1)N2. The minimum Gasteiger partial charge on any atom is -0.383 e. The molecule has 6 rings (SSSR count). The number of aliphatic hydroxyl groups excluding tert-OH is 1. The first-order valence-corrected chi connectivity index (χ1v) is 14.2. The Labute approximate surface area is 205 Å². The number of piperazine rings is 1. The van der Waals surface area contributed by atoms with Crippen LogP contribution in [0.1, 0.15) is 38.5 Å². The Bertz CT molecular complexity index is 1050. The lowest BCUT2D eigenvalue weighted by molar-refractivity contribution is -0.150. The molecule has 3 heterocycles. The Balaban J connectivity index is 1.31. The molecule has 1 aromatic rings. The maximum Gasteiger partial charge on any atom is 0.252 e. The fourth-order valence-electron chi connectivity index (χ4n) is 6.33. The number of ether oxygens (including phenoxy) is 1. The van der Waals surface area contributed by atoms with Crippen LogP contribution in [0.15, 0.2) is 29.2 Å². The summed E-state index contributed by atoms with van der Waals surface area (Å²) in [7, 11) is -3.87. The summed E-state index contributed by atoms with van der Waals surface area (Å²) in [4.78, 5) is 15.4. The van der Waals surface area contributed by atoms with E-state index in [0.717, 1.165) is 25.7 Å². The predicted molar refractivity (Wildman–Crippen MR) is 126 cm³/mol. The molecule has 5 aliphatic rings. The number of morpholine rings is 1. The zero-order chi connectivity index (χ0) is 23.7. The minimum atomic E-state index is -3.87. The van der Waals surface area contributed by atoms with Crippen molar-refractivity contribution in [2.75, 3.05) is 26.3 Å². The van der Waals surface area contributed by atoms with E-state index >= 15 is 0 Å². The van der Waals surface area contributed by atoms with E-state index in [1.807, 2.05) is 0 Å². The van der Waals surface area contributed by atoms with Gasteiger partial charge in [0.15, 0.2) is 0 Å². The van der Waals surface area contributed by atoms with Crippen molar-refractivity contribution in [2.45, 2.75) is 73.7 Å². The van der Waals surface area contributed by atoms with Gasteiger partial charge in [0.05, 0.1) is 30.2 Å². The van der Waals surface area contributed by atoms with Crippen molar-refractivity contribution in [1.29, 1.82) is 0 Å². The number of fused-ring (bicyclic) bond motifs is 2. The summed E-state index contributed by atoms with van der Waals surface area (Å²) in [6.45, 7) is 1.73. The molecule has 34 heavy (non-hydrogen) atoms. The first-order chi connectivity index (χ1) is 16.3. The van der Waals surface area contributed by atoms with Crippen LogP contribution < -0.4 is 5.32 Å². The van der Waals surface area contributed by atoms with Gasteiger partial charge < -0.3 is 20.1 Å². The summed E-state index contributed by atoms with van der Waals surface area (Å²) in [5.41, 5.74) is -0.811. The highest BCUT2D eigenvalue weighted by atomic mass is 35.5. The van der Waals surface area contributed by atoms with E-state index in [9.17, 15) is 18.3 Å². The lowest BCUT2D eigenvalue weighted by Gasteiger charge is -2.46. The summed E-state index contributed by atoms with van der Waals surface area (Å²) in [5.74, 6) is -0.0226. The van der Waals surface area contributed by atoms with Crippen LogP contribution in [0.5, 0.6) is 0 Å². The molecule has 3 saturated heterocycles. The number of hydrogen-bond donors (Lipinski definition) is 2. The molecule has 0 radical (unpaired) electrons. The van der Waals surface area contributed by atoms with E-state index in [0.29, 0.717) is 37.6 Å². The highest BCUT2D eigenvalue weighted by Gasteiger charge is 2.64. The van der Waals surface area contributed by atoms with Gasteiger partial charge in [-0.1, -0.05) is 11.6 Å². The van der Waals surface area contributed by atoms with Gasteiger partial charge in [-0.3, -0.25) is 4.79 Å². The van der Waals surface area contributed by atoms with Crippen LogP contribution in [0.3, 0.4) is 0 Å². The molecule has 2 bridgehead atoms. The molecular weight excluding hydrogens is 478 g/mol. The molecular formula is C24H32ClN3O5S. The molecule has 186 valence electrons. The number of rotatable bonds is 6. The maximum atomic E-state index is 14.0. The van der Waals surface area contributed by atoms with Crippen molar-refractivity contribution in [2.24, 2.45) is 11.3 Å². The molecule has 3 aliphatic heterocycles. The summed E-state index contributed by atoms with van der Waals surface area (Å²) >= 11 is 6.01. The Hall–Kier alpha value is -1.23. The minimum absolute atomic E-state index is 0.185. The number of carbonyl (C=O) groups is 1. The third kappa shape index (κ3) is 3.89. The third-order valence-corrected chi connectivity index (χ3v) is 10.8. The predicted octanol–water partition coefficient (Wildman–Crippen LogP) is 1.61. The molecule has 1 amide bonds. The van der Waals surface area contributed by atoms with Crippen LogP contribution >= 0.6 is 11.6 Å². The summed E-state index contributed by atoms with van der Waals surface area (Å²) < 4.78 is 35.5. The Morgan fingerprint density at radius 2 is 1.74 bits per heavy atom. The lowest BCUT2D eigenvalue weighted by Crippen LogP contribution is -2.63. The zero-order valence-electron chi connectivity index (χ0n) is 19.1. The Morgan fingerprint density at radius 1 is 1.09 bits per heavy atom. The second-order valence-electron chi connectivity index (χ2n) is 10.8. The van der Waals surface area contributed by atoms with Gasteiger partial charge in [-0.15, -0.1) is 0 Å². The van der Waals surface area contributed by atoms with Gasteiger partial charge in [-0.25, -0.2) is 8.42 Å². The molecule has 2 saturated carbocycles. The smallest absolute Gasteiger partial charge is 0.252 e. The van der Waals surface area contributed by atoms with Crippen LogP contribution in [0, 0.1) is 11.3 Å². The fourth-order valence-corrected chi connectivity index (χ4v) is 8.37. The monoisotopic (exact) mass is 509 g/mol. The molecule has 5 unspecified atom stereocenters. The van der Waals surface area contributed by atoms with E-state index in [1.165, 1.54) is 12.1 Å². The number of hydrogen-bond acceptors (Lipinski definition) is 6. The van der Waals surface area contributed by atoms with E-state index in [2.05, 4.69) is 5.32 Å². The van der Waals surface area contributed by atoms with Crippen molar-refractivity contribution in [3.8, 4) is 0 Å². The van der Waals surface area contributed by atoms with Gasteiger partial charge in [-0.2, -0.15) is 4.31 Å². The first-order valence-electron chi connectivity index (χ1n) is 12.4. The van der Waals surface area contributed by atoms with Gasteiger partial charge in [-0.05, 0) is 68.7 Å². The topological polar surface area (TPSA) is 99.2 Å². The van der Waals surface area contributed by atoms with Crippen LogP contribution in [-0.2, 0) is 19.6 Å². The number of sulfonamides is 1. The number of halogens is 1. The molecule has 8 nitrogen and oxygen atoms in total. The molecule has 0 aromatic heterocycles. The van der Waals surface area contributed by atoms with Crippen LogP contribution in [-0.4, -0.2) is 85.2 Å². The van der Waals surface area contributed by atoms with Gasteiger partial charge in [0.1, 0.15) is 6.10 Å². The van der Waals surface area contributed by atoms with E-state index < -0.39 is 27.6 Å². The number of carbonyl (C=O) groups excluding carboxylic acids is 1. The van der Waals surface area contributed by atoms with Crippen molar-refractivity contribution in [3.05, 3.63) is 29.3 Å². The zero-order valence-corrected chi connectivity index (χ0v) is 20.7. The number of likely N-dealkylation sites (tertiary alicyclic amines) is 1. The van der Waals surface area contributed by atoms with Gasteiger partial charge in [0, 0.05) is 35.6 Å². The molecule has 0 spiro atoms. The second-order valence-corrected chi connectivity index (χ2v) is 13.0. The molecule has 5 fully saturated rings. The van der Waals surface area contributed by atoms with Crippen molar-refractivity contribution in [3.63, 3.8) is 0 Å². The third-order valence-electron chi connectivity index (χ3n) is 8.55. The summed E-state index contributed by atoms with van der Waals surface area (Å²) in [6.07, 6.45) is 3.99. The van der Waals surface area contributed by atoms with E-state index in [-0.39, 0.29) is 41.5 Å². The first kappa shape index (κ1) is 23.2.